The highest BCUT2D eigenvalue weighted by Gasteiger charge is 2.70. The molecule has 1 aliphatic heterocycles. The molecule has 7 N–H and O–H groups in total. The van der Waals surface area contributed by atoms with E-state index in [2.05, 4.69) is 6.58 Å². The van der Waals surface area contributed by atoms with Crippen LogP contribution in [-0.4, -0.2) is 96.7 Å². The second-order valence-electron chi connectivity index (χ2n) is 11.1. The lowest BCUT2D eigenvalue weighted by atomic mass is 9.59. The van der Waals surface area contributed by atoms with Crippen molar-refractivity contribution in [1.29, 1.82) is 0 Å². The molecule has 2 bridgehead atoms. The summed E-state index contributed by atoms with van der Waals surface area (Å²) in [7, 11) is 0. The Labute approximate surface area is 207 Å². The number of aliphatic hydroxyl groups is 5. The molecule has 3 fully saturated rings. The van der Waals surface area contributed by atoms with Gasteiger partial charge in [-0.05, 0) is 43.8 Å². The summed E-state index contributed by atoms with van der Waals surface area (Å²) in [6.07, 6.45) is -4.86. The molecule has 1 spiro atoms. The molecule has 1 saturated heterocycles. The predicted molar refractivity (Wildman–Crippen MR) is 120 cm³/mol. The Morgan fingerprint density at radius 1 is 1.19 bits per heavy atom. The van der Waals surface area contributed by atoms with Crippen molar-refractivity contribution in [3.63, 3.8) is 0 Å². The lowest BCUT2D eigenvalue weighted by Crippen LogP contribution is -2.61. The van der Waals surface area contributed by atoms with Gasteiger partial charge < -0.3 is 45.2 Å². The van der Waals surface area contributed by atoms with Gasteiger partial charge in [-0.3, -0.25) is 9.59 Å². The van der Waals surface area contributed by atoms with Crippen molar-refractivity contribution >= 4 is 11.9 Å². The number of carboxylic acid groups (broad SMARTS) is 2. The number of aliphatic carboxylic acids is 2. The number of allylic oxidation sites excluding steroid dienone is 3. The van der Waals surface area contributed by atoms with E-state index >= 15 is 0 Å². The van der Waals surface area contributed by atoms with Gasteiger partial charge in [0, 0.05) is 11.3 Å². The summed E-state index contributed by atoms with van der Waals surface area (Å²) in [6.45, 7) is 4.71. The second kappa shape index (κ2) is 8.19. The fraction of sp³-hybridized carbons (Fsp3) is 0.680. The molecule has 4 aliphatic carbocycles. The molecule has 5 rings (SSSR count). The van der Waals surface area contributed by atoms with E-state index in [4.69, 9.17) is 9.47 Å². The molecule has 11 heteroatoms. The van der Waals surface area contributed by atoms with Gasteiger partial charge in [0.2, 0.25) is 0 Å². The third kappa shape index (κ3) is 3.17. The maximum atomic E-state index is 12.9. The summed E-state index contributed by atoms with van der Waals surface area (Å²) in [5, 5.41) is 72.1. The Kier molecular flexibility index (Phi) is 5.81. The summed E-state index contributed by atoms with van der Waals surface area (Å²) in [6, 6.07) is 0. The molecule has 11 unspecified atom stereocenters. The molecule has 11 nitrogen and oxygen atoms in total. The standard InChI is InChI=1S/C25H32O11/c1-10-7-24-9-25(10,34)6-5-12(24)11-3-4-14(23(2,22(32)33)15(11)16(24)20(30)31)36-21-19(29)18(28)17(27)13(8-26)35-21/h3-4,13-19,21,26-29,34H,1,5-9H2,2H3,(H,30,31)(H,32,33). The molecule has 11 atom stereocenters. The maximum Gasteiger partial charge on any atom is 0.313 e. The first-order chi connectivity index (χ1) is 16.8. The smallest absolute Gasteiger partial charge is 0.313 e. The van der Waals surface area contributed by atoms with E-state index in [-0.39, 0.29) is 12.8 Å². The van der Waals surface area contributed by atoms with Crippen LogP contribution in [0.15, 0.2) is 35.5 Å². The zero-order chi connectivity index (χ0) is 26.4. The summed E-state index contributed by atoms with van der Waals surface area (Å²) < 4.78 is 11.3. The van der Waals surface area contributed by atoms with Crippen LogP contribution in [0.25, 0.3) is 0 Å². The first-order valence-corrected chi connectivity index (χ1v) is 12.1. The monoisotopic (exact) mass is 508 g/mol. The molecular formula is C25H32O11. The molecule has 2 saturated carbocycles. The normalized spacial score (nSPS) is 49.7. The van der Waals surface area contributed by atoms with Crippen molar-refractivity contribution in [2.45, 2.75) is 75.0 Å². The van der Waals surface area contributed by atoms with Gasteiger partial charge >= 0.3 is 11.9 Å². The van der Waals surface area contributed by atoms with E-state index < -0.39 is 83.6 Å². The molecule has 0 aromatic heterocycles. The largest absolute Gasteiger partial charge is 0.481 e. The third-order valence-corrected chi connectivity index (χ3v) is 9.34. The maximum absolute atomic E-state index is 12.9. The Morgan fingerprint density at radius 3 is 2.50 bits per heavy atom. The molecule has 0 aromatic rings. The van der Waals surface area contributed by atoms with Gasteiger partial charge in [0.25, 0.3) is 0 Å². The van der Waals surface area contributed by atoms with Crippen LogP contribution in [0.1, 0.15) is 32.6 Å². The van der Waals surface area contributed by atoms with Crippen LogP contribution < -0.4 is 0 Å². The minimum Gasteiger partial charge on any atom is -0.481 e. The number of ether oxygens (including phenoxy) is 2. The molecule has 198 valence electrons. The van der Waals surface area contributed by atoms with Crippen LogP contribution in [-0.2, 0) is 19.1 Å². The minimum absolute atomic E-state index is 0.160. The number of carboxylic acids is 2. The van der Waals surface area contributed by atoms with Crippen molar-refractivity contribution in [3.8, 4) is 0 Å². The van der Waals surface area contributed by atoms with Crippen molar-refractivity contribution in [2.75, 3.05) is 6.61 Å². The zero-order valence-corrected chi connectivity index (χ0v) is 19.8. The minimum atomic E-state index is -1.83. The average molecular weight is 509 g/mol. The van der Waals surface area contributed by atoms with Crippen LogP contribution in [0.4, 0.5) is 0 Å². The SMILES string of the molecule is C=C1CC23CC1(O)CCC2=C1C=CC(OC2OC(CO)C(O)C(O)C2O)C(C)(C(=O)O)C1C3C(=O)O. The Bertz CT molecular complexity index is 1060. The highest BCUT2D eigenvalue weighted by molar-refractivity contribution is 5.83. The fourth-order valence-corrected chi connectivity index (χ4v) is 7.43. The molecule has 1 heterocycles. The Balaban J connectivity index is 1.56. The number of aliphatic hydroxyl groups excluding tert-OH is 4. The fourth-order valence-electron chi connectivity index (χ4n) is 7.43. The highest BCUT2D eigenvalue weighted by atomic mass is 16.7. The molecule has 0 aromatic carbocycles. The van der Waals surface area contributed by atoms with Crippen LogP contribution in [0, 0.1) is 22.7 Å². The molecule has 0 amide bonds. The first kappa shape index (κ1) is 25.5. The third-order valence-electron chi connectivity index (χ3n) is 9.34. The van der Waals surface area contributed by atoms with E-state index in [1.807, 2.05) is 0 Å². The van der Waals surface area contributed by atoms with Gasteiger partial charge in [-0.25, -0.2) is 0 Å². The van der Waals surface area contributed by atoms with Crippen LogP contribution in [0.2, 0.25) is 0 Å². The summed E-state index contributed by atoms with van der Waals surface area (Å²) in [5.74, 6) is -4.69. The Morgan fingerprint density at radius 2 is 1.89 bits per heavy atom. The van der Waals surface area contributed by atoms with Gasteiger partial charge in [-0.15, -0.1) is 0 Å². The van der Waals surface area contributed by atoms with Crippen molar-refractivity contribution in [2.24, 2.45) is 22.7 Å². The van der Waals surface area contributed by atoms with Gasteiger partial charge in [-0.2, -0.15) is 0 Å². The predicted octanol–water partition coefficient (Wildman–Crippen LogP) is -0.679. The van der Waals surface area contributed by atoms with E-state index in [0.717, 1.165) is 5.57 Å². The van der Waals surface area contributed by atoms with Crippen molar-refractivity contribution in [3.05, 3.63) is 35.5 Å². The molecule has 36 heavy (non-hydrogen) atoms. The van der Waals surface area contributed by atoms with E-state index in [0.29, 0.717) is 24.0 Å². The van der Waals surface area contributed by atoms with Crippen LogP contribution >= 0.6 is 0 Å². The lowest BCUT2D eigenvalue weighted by Gasteiger charge is -2.47. The van der Waals surface area contributed by atoms with Gasteiger partial charge in [0.15, 0.2) is 6.29 Å². The van der Waals surface area contributed by atoms with Gasteiger partial charge in [0.1, 0.15) is 29.8 Å². The lowest BCUT2D eigenvalue weighted by molar-refractivity contribution is -0.315. The molecular weight excluding hydrogens is 476 g/mol. The van der Waals surface area contributed by atoms with Crippen LogP contribution in [0.5, 0.6) is 0 Å². The van der Waals surface area contributed by atoms with Crippen molar-refractivity contribution in [1.82, 2.24) is 0 Å². The summed E-state index contributed by atoms with van der Waals surface area (Å²) in [5.41, 5.74) is -1.99. The second-order valence-corrected chi connectivity index (χ2v) is 11.1. The van der Waals surface area contributed by atoms with E-state index in [1.165, 1.54) is 13.0 Å². The van der Waals surface area contributed by atoms with E-state index in [1.54, 1.807) is 6.08 Å². The van der Waals surface area contributed by atoms with Crippen LogP contribution in [0.3, 0.4) is 0 Å². The zero-order valence-electron chi connectivity index (χ0n) is 19.8. The highest BCUT2D eigenvalue weighted by Crippen LogP contribution is 2.71. The summed E-state index contributed by atoms with van der Waals surface area (Å²) >= 11 is 0. The number of rotatable bonds is 5. The number of carbonyl (C=O) groups is 2. The Hall–Kier alpha value is -2.12. The molecule has 5 aliphatic rings. The summed E-state index contributed by atoms with van der Waals surface area (Å²) in [4.78, 5) is 25.6. The molecule has 0 radical (unpaired) electrons. The number of hydrogen-bond donors (Lipinski definition) is 7. The van der Waals surface area contributed by atoms with Crippen molar-refractivity contribution < 1.29 is 54.8 Å². The quantitative estimate of drug-likeness (QED) is 0.233. The topological polar surface area (TPSA) is 194 Å². The number of fused-ring (bicyclic) bond motifs is 2. The first-order valence-electron chi connectivity index (χ1n) is 12.1. The number of hydrogen-bond acceptors (Lipinski definition) is 9. The van der Waals surface area contributed by atoms with E-state index in [9.17, 15) is 45.3 Å². The van der Waals surface area contributed by atoms with Gasteiger partial charge in [-0.1, -0.05) is 24.3 Å². The van der Waals surface area contributed by atoms with Gasteiger partial charge in [0.05, 0.1) is 24.2 Å². The average Bonchev–Trinajstić information content (AvgIpc) is 3.21.